The van der Waals surface area contributed by atoms with Crippen LogP contribution in [0.4, 0.5) is 3.50 Å². The Morgan fingerprint density at radius 1 is 0.895 bits per heavy atom. The third kappa shape index (κ3) is 27.7. The maximum Gasteiger partial charge on any atom is 4.00 e. The van der Waals surface area contributed by atoms with Crippen LogP contribution in [-0.4, -0.2) is 33.4 Å². The molecule has 0 amide bonds. The Morgan fingerprint density at radius 3 is 1.21 bits per heavy atom. The largest absolute Gasteiger partial charge is 4.00 e. The first-order chi connectivity index (χ1) is 8.35. The Morgan fingerprint density at radius 2 is 1.11 bits per heavy atom. The van der Waals surface area contributed by atoms with Crippen molar-refractivity contribution in [2.75, 3.05) is 19.6 Å². The molecular weight excluding hydrogens is 381 g/mol. The van der Waals surface area contributed by atoms with E-state index in [1.165, 1.54) is 0 Å². The number of hydrogen-bond acceptors (Lipinski definition) is 0. The summed E-state index contributed by atoms with van der Waals surface area (Å²) in [5.74, 6) is 3.49. The number of hydrogen-bond donors (Lipinski definition) is 0. The van der Waals surface area contributed by atoms with E-state index in [1.54, 1.807) is 32.3 Å². The summed E-state index contributed by atoms with van der Waals surface area (Å²) in [7, 11) is 0. The zero-order valence-electron chi connectivity index (χ0n) is 12.8. The number of halogens is 1. The fourth-order valence-corrected chi connectivity index (χ4v) is 2.84. The maximum atomic E-state index is 13.1. The summed E-state index contributed by atoms with van der Waals surface area (Å²) in [5, 5.41) is 0. The van der Waals surface area contributed by atoms with E-state index in [4.69, 9.17) is 17.2 Å². The van der Waals surface area contributed by atoms with Crippen molar-refractivity contribution in [1.82, 2.24) is 0 Å². The fraction of sp³-hybridized carbons (Fsp3) is 0.615. The molecule has 0 fully saturated rings. The molecule has 1 rings (SSSR count). The van der Waals surface area contributed by atoms with Gasteiger partial charge in [0.25, 0.3) is 0 Å². The molecule has 1 aromatic rings. The first-order valence-corrected chi connectivity index (χ1v) is 12.2. The molecule has 6 heteroatoms. The summed E-state index contributed by atoms with van der Waals surface area (Å²) < 4.78 is 14.1. The van der Waals surface area contributed by atoms with Crippen LogP contribution in [0, 0.1) is 0 Å². The van der Waals surface area contributed by atoms with Crippen LogP contribution >= 0.6 is 0 Å². The van der Waals surface area contributed by atoms with Crippen LogP contribution in [0.3, 0.4) is 0 Å². The van der Waals surface area contributed by atoms with Gasteiger partial charge in [-0.3, -0.25) is 0 Å². The van der Waals surface area contributed by atoms with Gasteiger partial charge in [0.1, 0.15) is 0 Å². The SMILES string of the molecule is CC[NH-].CC[NH-].CC[NH-].[CH3][Ge]([CH3])([F])[c-]1cccc1.[Zr+4]. The number of nitrogens with one attached hydrogen (secondary N) is 3. The van der Waals surface area contributed by atoms with Gasteiger partial charge in [-0.25, -0.2) is 0 Å². The Hall–Kier alpha value is 0.586. The van der Waals surface area contributed by atoms with Crippen LogP contribution < -0.4 is 4.40 Å². The molecular formula is C13H28FGeN3Zr. The van der Waals surface area contributed by atoms with Crippen LogP contribution in [0.2, 0.25) is 11.5 Å². The molecule has 0 saturated heterocycles. The molecule has 0 atom stereocenters. The molecule has 1 aromatic carbocycles. The smallest absolute Gasteiger partial charge is 4.00 e. The van der Waals surface area contributed by atoms with Crippen molar-refractivity contribution in [3.8, 4) is 0 Å². The predicted molar refractivity (Wildman–Crippen MR) is 84.8 cm³/mol. The van der Waals surface area contributed by atoms with Crippen molar-refractivity contribution in [2.45, 2.75) is 32.3 Å². The number of rotatable bonds is 1. The van der Waals surface area contributed by atoms with E-state index < -0.39 is 13.7 Å². The standard InChI is InChI=1S/C7H10FGe.3C2H6N.Zr/c1-9(2,8)7-5-3-4-6-7;3*1-2-3;/h3-6H,1-2H3;3*3H,2H2,1H3;/q4*-1;+4. The molecule has 110 valence electrons. The molecule has 3 N–H and O–H groups in total. The second-order valence-electron chi connectivity index (χ2n) is 3.71. The predicted octanol–water partition coefficient (Wildman–Crippen LogP) is 4.96. The molecule has 0 heterocycles. The van der Waals surface area contributed by atoms with E-state index in [2.05, 4.69) is 0 Å². The van der Waals surface area contributed by atoms with E-state index in [1.807, 2.05) is 24.3 Å². The van der Waals surface area contributed by atoms with E-state index in [9.17, 15) is 3.50 Å². The summed E-state index contributed by atoms with van der Waals surface area (Å²) >= 11 is -2.94. The van der Waals surface area contributed by atoms with E-state index in [-0.39, 0.29) is 26.2 Å². The second kappa shape index (κ2) is 20.9. The molecule has 0 spiro atoms. The van der Waals surface area contributed by atoms with Crippen LogP contribution in [0.25, 0.3) is 17.2 Å². The van der Waals surface area contributed by atoms with Crippen LogP contribution in [0.1, 0.15) is 20.8 Å². The van der Waals surface area contributed by atoms with Crippen molar-refractivity contribution in [3.63, 3.8) is 0 Å². The van der Waals surface area contributed by atoms with Gasteiger partial charge in [-0.1, -0.05) is 20.8 Å². The zero-order valence-corrected chi connectivity index (χ0v) is 17.4. The summed E-state index contributed by atoms with van der Waals surface area (Å²) in [5.41, 5.74) is 18.6. The van der Waals surface area contributed by atoms with Crippen LogP contribution in [0.5, 0.6) is 0 Å². The monoisotopic (exact) mass is 409 g/mol. The molecule has 0 radical (unpaired) electrons. The normalized spacial score (nSPS) is 8.47. The molecule has 19 heavy (non-hydrogen) atoms. The molecule has 0 aliphatic carbocycles. The van der Waals surface area contributed by atoms with Crippen molar-refractivity contribution in [2.24, 2.45) is 0 Å². The average molecular weight is 409 g/mol. The van der Waals surface area contributed by atoms with Crippen molar-refractivity contribution < 1.29 is 29.7 Å². The zero-order chi connectivity index (χ0) is 15.0. The summed E-state index contributed by atoms with van der Waals surface area (Å²) in [6.45, 7) is 6.88. The summed E-state index contributed by atoms with van der Waals surface area (Å²) in [6, 6.07) is 7.53. The van der Waals surface area contributed by atoms with Crippen molar-refractivity contribution in [1.29, 1.82) is 0 Å². The van der Waals surface area contributed by atoms with Gasteiger partial charge in [0.05, 0.1) is 0 Å². The fourth-order valence-electron chi connectivity index (χ4n) is 0.770. The van der Waals surface area contributed by atoms with Gasteiger partial charge in [0.2, 0.25) is 0 Å². The minimum atomic E-state index is -2.94. The quantitative estimate of drug-likeness (QED) is 0.465. The molecule has 0 saturated carbocycles. The van der Waals surface area contributed by atoms with Crippen molar-refractivity contribution in [3.05, 3.63) is 41.5 Å². The molecule has 0 aromatic heterocycles. The first-order valence-electron chi connectivity index (χ1n) is 6.20. The van der Waals surface area contributed by atoms with Gasteiger partial charge in [0.15, 0.2) is 0 Å². The molecule has 0 aliphatic rings. The Bertz CT molecular complexity index is 222. The summed E-state index contributed by atoms with van der Waals surface area (Å²) in [4.78, 5) is 0. The van der Waals surface area contributed by atoms with Gasteiger partial charge < -0.3 is 17.2 Å². The van der Waals surface area contributed by atoms with Crippen LogP contribution in [-0.2, 0) is 26.2 Å². The van der Waals surface area contributed by atoms with Gasteiger partial charge in [-0.2, -0.15) is 19.6 Å². The van der Waals surface area contributed by atoms with E-state index in [0.717, 1.165) is 4.40 Å². The topological polar surface area (TPSA) is 71.4 Å². The Kier molecular flexibility index (Phi) is 30.6. The average Bonchev–Trinajstić information content (AvgIpc) is 2.72. The molecule has 0 unspecified atom stereocenters. The maximum absolute atomic E-state index is 13.1. The molecule has 0 bridgehead atoms. The van der Waals surface area contributed by atoms with Gasteiger partial charge in [-0.15, -0.1) is 0 Å². The first kappa shape index (κ1) is 27.9. The minimum absolute atomic E-state index is 0. The Balaban J connectivity index is -0.0000000956. The third-order valence-corrected chi connectivity index (χ3v) is 4.93. The van der Waals surface area contributed by atoms with E-state index in [0.29, 0.717) is 19.6 Å². The molecule has 0 aliphatic heterocycles. The third-order valence-electron chi connectivity index (χ3n) is 1.35. The minimum Gasteiger partial charge on any atom is 4.00 e. The van der Waals surface area contributed by atoms with Crippen molar-refractivity contribution >= 4 is 18.1 Å². The van der Waals surface area contributed by atoms with E-state index >= 15 is 0 Å². The van der Waals surface area contributed by atoms with Crippen LogP contribution in [0.15, 0.2) is 24.3 Å². The van der Waals surface area contributed by atoms with Gasteiger partial charge >= 0.3 is 83.6 Å². The molecule has 3 nitrogen and oxygen atoms in total. The second-order valence-corrected chi connectivity index (χ2v) is 11.1. The Labute approximate surface area is 140 Å². The van der Waals surface area contributed by atoms with Gasteiger partial charge in [-0.05, 0) is 0 Å². The van der Waals surface area contributed by atoms with Gasteiger partial charge in [0, 0.05) is 0 Å². The summed E-state index contributed by atoms with van der Waals surface area (Å²) in [6.07, 6.45) is 0.